The van der Waals surface area contributed by atoms with E-state index in [1.54, 1.807) is 0 Å². The van der Waals surface area contributed by atoms with Gasteiger partial charge in [0.1, 0.15) is 11.2 Å². The van der Waals surface area contributed by atoms with Crippen molar-refractivity contribution in [2.75, 3.05) is 4.90 Å². The molecule has 0 bridgehead atoms. The Morgan fingerprint density at radius 3 is 1.51 bits per heavy atom. The number of anilines is 3. The van der Waals surface area contributed by atoms with Gasteiger partial charge in [-0.15, -0.1) is 0 Å². The second-order valence-electron chi connectivity index (χ2n) is 14.8. The molecule has 0 radical (unpaired) electrons. The largest absolute Gasteiger partial charge is 0.456 e. The first-order valence-electron chi connectivity index (χ1n) is 19.6. The van der Waals surface area contributed by atoms with Crippen LogP contribution in [0.4, 0.5) is 17.1 Å². The molecule has 0 atom stereocenters. The number of fused-ring (bicyclic) bond motifs is 6. The molecule has 10 aromatic rings. The van der Waals surface area contributed by atoms with Crippen molar-refractivity contribution in [1.29, 1.82) is 0 Å². The summed E-state index contributed by atoms with van der Waals surface area (Å²) in [6.45, 7) is 0. The average Bonchev–Trinajstić information content (AvgIpc) is 3.80. The van der Waals surface area contributed by atoms with Crippen molar-refractivity contribution in [2.45, 2.75) is 5.41 Å². The van der Waals surface area contributed by atoms with Crippen molar-refractivity contribution >= 4 is 39.0 Å². The van der Waals surface area contributed by atoms with Crippen LogP contribution in [0, 0.1) is 0 Å². The number of hydrogen-bond acceptors (Lipinski definition) is 2. The fourth-order valence-electron chi connectivity index (χ4n) is 9.33. The van der Waals surface area contributed by atoms with Crippen molar-refractivity contribution in [3.8, 4) is 33.4 Å². The predicted octanol–water partition coefficient (Wildman–Crippen LogP) is 14.8. The van der Waals surface area contributed by atoms with E-state index in [2.05, 4.69) is 229 Å². The Bertz CT molecular complexity index is 2990. The Kier molecular flexibility index (Phi) is 7.75. The predicted molar refractivity (Wildman–Crippen MR) is 237 cm³/mol. The molecular formula is C55H37NO. The summed E-state index contributed by atoms with van der Waals surface area (Å²) in [5, 5.41) is 2.20. The normalized spacial score (nSPS) is 12.7. The van der Waals surface area contributed by atoms with E-state index in [9.17, 15) is 0 Å². The molecule has 1 aromatic heterocycles. The molecule has 1 aliphatic carbocycles. The van der Waals surface area contributed by atoms with Crippen molar-refractivity contribution in [2.24, 2.45) is 0 Å². The summed E-state index contributed by atoms with van der Waals surface area (Å²) in [5.74, 6) is 0. The third-order valence-corrected chi connectivity index (χ3v) is 11.7. The van der Waals surface area contributed by atoms with Gasteiger partial charge < -0.3 is 9.32 Å². The smallest absolute Gasteiger partial charge is 0.136 e. The number of hydrogen-bond donors (Lipinski definition) is 0. The summed E-state index contributed by atoms with van der Waals surface area (Å²) >= 11 is 0. The van der Waals surface area contributed by atoms with Crippen LogP contribution >= 0.6 is 0 Å². The summed E-state index contributed by atoms with van der Waals surface area (Å²) in [4.78, 5) is 2.34. The molecule has 9 aromatic carbocycles. The molecule has 0 saturated carbocycles. The second kappa shape index (κ2) is 13.4. The zero-order chi connectivity index (χ0) is 37.8. The Morgan fingerprint density at radius 2 is 0.860 bits per heavy atom. The van der Waals surface area contributed by atoms with Gasteiger partial charge in [-0.25, -0.2) is 0 Å². The highest BCUT2D eigenvalue weighted by molar-refractivity contribution is 6.18. The Labute approximate surface area is 332 Å². The van der Waals surface area contributed by atoms with Crippen molar-refractivity contribution in [3.63, 3.8) is 0 Å². The van der Waals surface area contributed by atoms with Gasteiger partial charge in [-0.3, -0.25) is 0 Å². The highest BCUT2D eigenvalue weighted by Gasteiger charge is 2.47. The average molecular weight is 728 g/mol. The van der Waals surface area contributed by atoms with Crippen LogP contribution in [0.2, 0.25) is 0 Å². The van der Waals surface area contributed by atoms with Gasteiger partial charge in [0, 0.05) is 33.4 Å². The Hall–Kier alpha value is -7.42. The maximum Gasteiger partial charge on any atom is 0.136 e. The summed E-state index contributed by atoms with van der Waals surface area (Å²) in [6, 6.07) is 80.9. The molecule has 0 amide bonds. The topological polar surface area (TPSA) is 16.4 Å². The SMILES string of the molecule is c1ccc(-c2ccc(N(c3ccccc3)c3ccc4oc5cc6c(c(-c7ccccc7)c5c4c3)-c3ccccc3C6(c3ccccc3)c3ccccc3)cc2)cc1. The van der Waals surface area contributed by atoms with E-state index in [1.807, 2.05) is 0 Å². The quantitative estimate of drug-likeness (QED) is 0.163. The lowest BCUT2D eigenvalue weighted by Gasteiger charge is -2.34. The van der Waals surface area contributed by atoms with E-state index < -0.39 is 5.41 Å². The Morgan fingerprint density at radius 1 is 0.351 bits per heavy atom. The van der Waals surface area contributed by atoms with Crippen LogP contribution in [0.25, 0.3) is 55.3 Å². The van der Waals surface area contributed by atoms with Crippen LogP contribution in [0.15, 0.2) is 229 Å². The van der Waals surface area contributed by atoms with E-state index in [4.69, 9.17) is 4.42 Å². The van der Waals surface area contributed by atoms with E-state index in [0.29, 0.717) is 0 Å². The first-order chi connectivity index (χ1) is 28.3. The van der Waals surface area contributed by atoms with E-state index in [0.717, 1.165) is 44.6 Å². The molecule has 1 heterocycles. The molecule has 0 aliphatic heterocycles. The minimum Gasteiger partial charge on any atom is -0.456 e. The Balaban J connectivity index is 1.20. The van der Waals surface area contributed by atoms with Gasteiger partial charge in [0.2, 0.25) is 0 Å². The zero-order valence-electron chi connectivity index (χ0n) is 31.2. The van der Waals surface area contributed by atoms with Crippen LogP contribution in [-0.4, -0.2) is 0 Å². The molecule has 2 nitrogen and oxygen atoms in total. The van der Waals surface area contributed by atoms with Gasteiger partial charge in [-0.1, -0.05) is 176 Å². The van der Waals surface area contributed by atoms with Gasteiger partial charge in [-0.05, 0) is 98.6 Å². The lowest BCUT2D eigenvalue weighted by Crippen LogP contribution is -2.28. The zero-order valence-corrected chi connectivity index (χ0v) is 31.2. The molecule has 1 aliphatic rings. The second-order valence-corrected chi connectivity index (χ2v) is 14.8. The number of nitrogens with zero attached hydrogens (tertiary/aromatic N) is 1. The number of benzene rings is 9. The first-order valence-corrected chi connectivity index (χ1v) is 19.6. The molecule has 0 fully saturated rings. The number of rotatable bonds is 7. The molecule has 0 saturated heterocycles. The summed E-state index contributed by atoms with van der Waals surface area (Å²) in [6.07, 6.45) is 0. The minimum absolute atomic E-state index is 0.549. The molecular weight excluding hydrogens is 691 g/mol. The lowest BCUT2D eigenvalue weighted by molar-refractivity contribution is 0.666. The summed E-state index contributed by atoms with van der Waals surface area (Å²) < 4.78 is 7.00. The van der Waals surface area contributed by atoms with Crippen LogP contribution in [0.3, 0.4) is 0 Å². The fraction of sp³-hybridized carbons (Fsp3) is 0.0182. The molecule has 0 N–H and O–H groups in total. The summed E-state index contributed by atoms with van der Waals surface area (Å²) in [7, 11) is 0. The molecule has 57 heavy (non-hydrogen) atoms. The molecule has 268 valence electrons. The van der Waals surface area contributed by atoms with Gasteiger partial charge in [0.15, 0.2) is 0 Å². The maximum atomic E-state index is 7.00. The van der Waals surface area contributed by atoms with Crippen molar-refractivity contribution in [3.05, 3.63) is 247 Å². The minimum atomic E-state index is -0.549. The van der Waals surface area contributed by atoms with Crippen LogP contribution in [0.5, 0.6) is 0 Å². The van der Waals surface area contributed by atoms with Crippen LogP contribution < -0.4 is 4.90 Å². The van der Waals surface area contributed by atoms with Crippen molar-refractivity contribution in [1.82, 2.24) is 0 Å². The maximum absolute atomic E-state index is 7.00. The van der Waals surface area contributed by atoms with Crippen LogP contribution in [-0.2, 0) is 5.41 Å². The van der Waals surface area contributed by atoms with Crippen LogP contribution in [0.1, 0.15) is 22.3 Å². The van der Waals surface area contributed by atoms with E-state index >= 15 is 0 Å². The fourth-order valence-corrected chi connectivity index (χ4v) is 9.33. The van der Waals surface area contributed by atoms with E-state index in [1.165, 1.54) is 50.1 Å². The van der Waals surface area contributed by atoms with Gasteiger partial charge in [-0.2, -0.15) is 0 Å². The first kappa shape index (κ1) is 33.0. The highest BCUT2D eigenvalue weighted by atomic mass is 16.3. The third-order valence-electron chi connectivity index (χ3n) is 11.7. The van der Waals surface area contributed by atoms with Crippen molar-refractivity contribution < 1.29 is 4.42 Å². The molecule has 2 heteroatoms. The van der Waals surface area contributed by atoms with E-state index in [-0.39, 0.29) is 0 Å². The number of para-hydroxylation sites is 1. The van der Waals surface area contributed by atoms with Gasteiger partial charge in [0.05, 0.1) is 5.41 Å². The molecule has 11 rings (SSSR count). The standard InChI is InChI=1S/C55H37NO/c1-6-18-38(19-7-1)39-30-32-44(33-31-39)56(43-26-14-5-15-27-43)45-34-35-50-47(36-45)54-51(57-50)37-49-53(52(54)40-20-8-2-9-21-40)46-28-16-17-29-48(46)55(49,41-22-10-3-11-23-41)42-24-12-4-13-25-42/h1-37H. The molecule has 0 unspecified atom stereocenters. The lowest BCUT2D eigenvalue weighted by atomic mass is 9.67. The number of furan rings is 1. The monoisotopic (exact) mass is 727 g/mol. The summed E-state index contributed by atoms with van der Waals surface area (Å²) in [5.41, 5.74) is 16.6. The highest BCUT2D eigenvalue weighted by Crippen LogP contribution is 2.60. The van der Waals surface area contributed by atoms with Gasteiger partial charge >= 0.3 is 0 Å². The molecule has 0 spiro atoms. The third kappa shape index (κ3) is 5.18. The van der Waals surface area contributed by atoms with Gasteiger partial charge in [0.25, 0.3) is 0 Å².